The molecule has 26 heavy (non-hydrogen) atoms. The summed E-state index contributed by atoms with van der Waals surface area (Å²) in [7, 11) is 0. The van der Waals surface area contributed by atoms with Gasteiger partial charge in [-0.3, -0.25) is 9.78 Å². The summed E-state index contributed by atoms with van der Waals surface area (Å²) < 4.78 is 14.2. The minimum absolute atomic E-state index is 0.0139. The normalized spacial score (nSPS) is 40.2. The number of hydrogen-bond donors (Lipinski definition) is 4. The Bertz CT molecular complexity index is 686. The van der Waals surface area contributed by atoms with E-state index in [2.05, 4.69) is 32.7 Å². The topological polar surface area (TPSA) is 103 Å². The molecule has 4 rings (SSSR count). The van der Waals surface area contributed by atoms with Crippen LogP contribution >= 0.6 is 0 Å². The van der Waals surface area contributed by atoms with Gasteiger partial charge in [-0.05, 0) is 44.4 Å². The zero-order chi connectivity index (χ0) is 18.3. The quantitative estimate of drug-likeness (QED) is 0.649. The number of hydrogen-bond acceptors (Lipinski definition) is 4. The highest BCUT2D eigenvalue weighted by atomic mass is 19.1. The number of H-pyrrole nitrogens is 2. The molecule has 7 unspecified atom stereocenters. The molecule has 1 saturated heterocycles. The van der Waals surface area contributed by atoms with E-state index in [9.17, 15) is 14.0 Å². The van der Waals surface area contributed by atoms with Crippen LogP contribution in [0.1, 0.15) is 63.6 Å². The van der Waals surface area contributed by atoms with E-state index in [-0.39, 0.29) is 41.6 Å². The van der Waals surface area contributed by atoms with Crippen molar-refractivity contribution in [2.24, 2.45) is 11.8 Å². The van der Waals surface area contributed by atoms with Crippen molar-refractivity contribution < 1.29 is 9.18 Å². The SMILES string of the molecule is CC1CCC(F)C2CC(C(=O)NC3CCCC(c4n[nH]c(=O)[nH]4)C3)NC12. The molecular weight excluding hydrogens is 337 g/mol. The average Bonchev–Trinajstić information content (AvgIpc) is 3.26. The average molecular weight is 365 g/mol. The largest absolute Gasteiger partial charge is 0.352 e. The van der Waals surface area contributed by atoms with Crippen LogP contribution in [0, 0.1) is 11.8 Å². The van der Waals surface area contributed by atoms with E-state index in [0.717, 1.165) is 32.1 Å². The minimum atomic E-state index is -0.794. The zero-order valence-electron chi connectivity index (χ0n) is 15.1. The summed E-state index contributed by atoms with van der Waals surface area (Å²) in [4.78, 5) is 26.7. The summed E-state index contributed by atoms with van der Waals surface area (Å²) in [5.41, 5.74) is -0.293. The first kappa shape index (κ1) is 17.7. The molecule has 1 aromatic rings. The number of carbonyl (C=O) groups is 1. The third-order valence-electron chi connectivity index (χ3n) is 6.58. The number of nitrogens with zero attached hydrogens (tertiary/aromatic N) is 1. The first-order valence-electron chi connectivity index (χ1n) is 9.86. The van der Waals surface area contributed by atoms with Crippen LogP contribution in [-0.4, -0.2) is 45.4 Å². The smallest absolute Gasteiger partial charge is 0.340 e. The maximum absolute atomic E-state index is 14.2. The van der Waals surface area contributed by atoms with Gasteiger partial charge in [-0.2, -0.15) is 5.10 Å². The lowest BCUT2D eigenvalue weighted by Crippen LogP contribution is -2.49. The minimum Gasteiger partial charge on any atom is -0.352 e. The van der Waals surface area contributed by atoms with E-state index in [1.165, 1.54) is 0 Å². The van der Waals surface area contributed by atoms with Gasteiger partial charge in [-0.25, -0.2) is 14.3 Å². The summed E-state index contributed by atoms with van der Waals surface area (Å²) in [5.74, 6) is 1.19. The van der Waals surface area contributed by atoms with Crippen LogP contribution < -0.4 is 16.3 Å². The molecule has 1 amide bonds. The molecule has 7 nitrogen and oxygen atoms in total. The predicted molar refractivity (Wildman–Crippen MR) is 94.5 cm³/mol. The number of amides is 1. The standard InChI is InChI=1S/C18H28FN5O2/c1-9-5-6-13(19)12-8-14(21-15(9)12)17(25)20-11-4-2-3-10(7-11)16-22-18(26)24-23-16/h9-15,21H,2-8H2,1H3,(H,20,25)(H2,22,23,24,26). The summed E-state index contributed by atoms with van der Waals surface area (Å²) >= 11 is 0. The molecule has 2 aliphatic carbocycles. The molecule has 8 heteroatoms. The molecule has 0 aromatic carbocycles. The Labute approximate surface area is 151 Å². The van der Waals surface area contributed by atoms with Crippen molar-refractivity contribution in [3.05, 3.63) is 16.3 Å². The van der Waals surface area contributed by atoms with Crippen molar-refractivity contribution in [3.63, 3.8) is 0 Å². The number of halogens is 1. The molecule has 4 N–H and O–H groups in total. The molecule has 2 saturated carbocycles. The predicted octanol–water partition coefficient (Wildman–Crippen LogP) is 1.36. The number of alkyl halides is 1. The Morgan fingerprint density at radius 3 is 2.81 bits per heavy atom. The van der Waals surface area contributed by atoms with Gasteiger partial charge in [-0.15, -0.1) is 0 Å². The molecule has 3 aliphatic rings. The van der Waals surface area contributed by atoms with Crippen LogP contribution in [0.4, 0.5) is 4.39 Å². The van der Waals surface area contributed by atoms with Crippen LogP contribution in [0.3, 0.4) is 0 Å². The fourth-order valence-electron chi connectivity index (χ4n) is 5.15. The fraction of sp³-hybridized carbons (Fsp3) is 0.833. The van der Waals surface area contributed by atoms with Gasteiger partial charge in [0.15, 0.2) is 0 Å². The van der Waals surface area contributed by atoms with E-state index in [1.807, 2.05) is 0 Å². The summed E-state index contributed by atoms with van der Waals surface area (Å²) in [5, 5.41) is 13.0. The lowest BCUT2D eigenvalue weighted by molar-refractivity contribution is -0.123. The first-order valence-corrected chi connectivity index (χ1v) is 9.86. The Morgan fingerprint density at radius 2 is 2.08 bits per heavy atom. The molecule has 1 aromatic heterocycles. The van der Waals surface area contributed by atoms with E-state index in [0.29, 0.717) is 24.6 Å². The highest BCUT2D eigenvalue weighted by Gasteiger charge is 2.46. The van der Waals surface area contributed by atoms with Crippen molar-refractivity contribution in [2.45, 2.75) is 82.1 Å². The molecule has 0 radical (unpaired) electrons. The highest BCUT2D eigenvalue weighted by Crippen LogP contribution is 2.39. The van der Waals surface area contributed by atoms with E-state index < -0.39 is 6.17 Å². The molecule has 144 valence electrons. The number of carbonyl (C=O) groups excluding carboxylic acids is 1. The highest BCUT2D eigenvalue weighted by molar-refractivity contribution is 5.82. The molecule has 1 aliphatic heterocycles. The molecule has 0 bridgehead atoms. The molecular formula is C18H28FN5O2. The van der Waals surface area contributed by atoms with Gasteiger partial charge < -0.3 is 10.6 Å². The van der Waals surface area contributed by atoms with Crippen LogP contribution in [0.25, 0.3) is 0 Å². The second-order valence-corrected chi connectivity index (χ2v) is 8.35. The van der Waals surface area contributed by atoms with Gasteiger partial charge in [0.05, 0.1) is 6.04 Å². The summed E-state index contributed by atoms with van der Waals surface area (Å²) in [6, 6.07) is -0.110. The number of nitrogens with one attached hydrogen (secondary N) is 4. The summed E-state index contributed by atoms with van der Waals surface area (Å²) in [6.45, 7) is 2.15. The Kier molecular flexibility index (Phi) is 4.86. The lowest BCUT2D eigenvalue weighted by Gasteiger charge is -2.33. The van der Waals surface area contributed by atoms with E-state index >= 15 is 0 Å². The van der Waals surface area contributed by atoms with Crippen LogP contribution in [-0.2, 0) is 4.79 Å². The van der Waals surface area contributed by atoms with Crippen molar-refractivity contribution in [3.8, 4) is 0 Å². The fourth-order valence-corrected chi connectivity index (χ4v) is 5.15. The van der Waals surface area contributed by atoms with Crippen LogP contribution in [0.15, 0.2) is 4.79 Å². The van der Waals surface area contributed by atoms with Crippen LogP contribution in [0.2, 0.25) is 0 Å². The number of rotatable bonds is 3. The lowest BCUT2D eigenvalue weighted by atomic mass is 9.77. The molecule has 7 atom stereocenters. The third-order valence-corrected chi connectivity index (χ3v) is 6.58. The number of fused-ring (bicyclic) bond motifs is 1. The molecule has 0 spiro atoms. The van der Waals surface area contributed by atoms with E-state index in [1.54, 1.807) is 0 Å². The monoisotopic (exact) mass is 365 g/mol. The third kappa shape index (κ3) is 3.43. The van der Waals surface area contributed by atoms with Crippen molar-refractivity contribution in [1.82, 2.24) is 25.8 Å². The second-order valence-electron chi connectivity index (χ2n) is 8.35. The van der Waals surface area contributed by atoms with Gasteiger partial charge >= 0.3 is 5.69 Å². The van der Waals surface area contributed by atoms with Crippen LogP contribution in [0.5, 0.6) is 0 Å². The van der Waals surface area contributed by atoms with Crippen molar-refractivity contribution in [1.29, 1.82) is 0 Å². The number of aromatic amines is 2. The molecule has 2 heterocycles. The number of aromatic nitrogens is 3. The maximum atomic E-state index is 14.2. The second kappa shape index (κ2) is 7.13. The van der Waals surface area contributed by atoms with E-state index in [4.69, 9.17) is 0 Å². The van der Waals surface area contributed by atoms with Gasteiger partial charge in [0, 0.05) is 23.9 Å². The Hall–Kier alpha value is -1.70. The molecule has 3 fully saturated rings. The van der Waals surface area contributed by atoms with Gasteiger partial charge in [-0.1, -0.05) is 13.3 Å². The van der Waals surface area contributed by atoms with Gasteiger partial charge in [0.2, 0.25) is 5.91 Å². The maximum Gasteiger partial charge on any atom is 0.340 e. The van der Waals surface area contributed by atoms with Gasteiger partial charge in [0.1, 0.15) is 12.0 Å². The Balaban J connectivity index is 1.35. The van der Waals surface area contributed by atoms with Gasteiger partial charge in [0.25, 0.3) is 0 Å². The van der Waals surface area contributed by atoms with Crippen molar-refractivity contribution in [2.75, 3.05) is 0 Å². The Morgan fingerprint density at radius 1 is 1.23 bits per heavy atom. The zero-order valence-corrected chi connectivity index (χ0v) is 15.1. The van der Waals surface area contributed by atoms with Crippen molar-refractivity contribution >= 4 is 5.91 Å². The summed E-state index contributed by atoms with van der Waals surface area (Å²) in [6.07, 6.45) is 4.94. The first-order chi connectivity index (χ1) is 12.5.